The van der Waals surface area contributed by atoms with Gasteiger partial charge in [0.05, 0.1) is 6.61 Å². The van der Waals surface area contributed by atoms with Gasteiger partial charge in [0.2, 0.25) is 5.91 Å². The van der Waals surface area contributed by atoms with E-state index < -0.39 is 6.04 Å². The Balaban J connectivity index is 1.65. The lowest BCUT2D eigenvalue weighted by Crippen LogP contribution is -2.50. The van der Waals surface area contributed by atoms with Gasteiger partial charge in [-0.2, -0.15) is 0 Å². The number of carbonyl (C=O) groups excluding carboxylic acids is 2. The number of nitrogens with one attached hydrogen (secondary N) is 2. The number of nitrogens with zero attached hydrogens (tertiary/aromatic N) is 1. The lowest BCUT2D eigenvalue weighted by molar-refractivity contribution is -0.132. The zero-order valence-electron chi connectivity index (χ0n) is 16.2. The molecular formula is C22H27N3O3. The van der Waals surface area contributed by atoms with Gasteiger partial charge in [0.25, 0.3) is 0 Å². The topological polar surface area (TPSA) is 70.7 Å². The Kier molecular flexibility index (Phi) is 7.03. The van der Waals surface area contributed by atoms with Gasteiger partial charge in [-0.15, -0.1) is 0 Å². The molecule has 2 aromatic rings. The van der Waals surface area contributed by atoms with Crippen molar-refractivity contribution in [3.05, 3.63) is 65.7 Å². The number of amides is 3. The molecule has 3 amide bonds. The summed E-state index contributed by atoms with van der Waals surface area (Å²) in [5.74, 6) is -0.0213. The van der Waals surface area contributed by atoms with E-state index in [0.29, 0.717) is 18.7 Å². The molecule has 6 heteroatoms. The van der Waals surface area contributed by atoms with Gasteiger partial charge < -0.3 is 20.3 Å². The smallest absolute Gasteiger partial charge is 0.319 e. The molecule has 0 aliphatic carbocycles. The fourth-order valence-corrected chi connectivity index (χ4v) is 3.38. The normalized spacial score (nSPS) is 14.5. The average Bonchev–Trinajstić information content (AvgIpc) is 3.24. The largest absolute Gasteiger partial charge is 0.380 e. The molecule has 148 valence electrons. The number of hydrogen-bond donors (Lipinski definition) is 2. The standard InChI is InChI=1S/C22H27N3O3/c1-28-16-18-9-11-19(12-10-18)23-22(27)24-20(15-17-7-3-2-4-8-17)21(26)25-13-5-6-14-25/h2-4,7-12,20H,5-6,13-16H2,1H3,(H2,23,24,27)/t20-/m1/s1. The van der Waals surface area contributed by atoms with Gasteiger partial charge in [-0.3, -0.25) is 4.79 Å². The summed E-state index contributed by atoms with van der Waals surface area (Å²) >= 11 is 0. The number of methoxy groups -OCH3 is 1. The van der Waals surface area contributed by atoms with E-state index >= 15 is 0 Å². The molecule has 1 atom stereocenters. The van der Waals surface area contributed by atoms with E-state index in [0.717, 1.165) is 37.1 Å². The van der Waals surface area contributed by atoms with E-state index in [1.165, 1.54) is 0 Å². The van der Waals surface area contributed by atoms with Crippen molar-refractivity contribution >= 4 is 17.6 Å². The first-order valence-corrected chi connectivity index (χ1v) is 9.64. The summed E-state index contributed by atoms with van der Waals surface area (Å²) in [7, 11) is 1.64. The molecule has 2 aromatic carbocycles. The van der Waals surface area contributed by atoms with Gasteiger partial charge in [0.1, 0.15) is 6.04 Å². The molecular weight excluding hydrogens is 354 g/mol. The van der Waals surface area contributed by atoms with Gasteiger partial charge in [-0.05, 0) is 36.1 Å². The van der Waals surface area contributed by atoms with Crippen molar-refractivity contribution in [2.24, 2.45) is 0 Å². The summed E-state index contributed by atoms with van der Waals surface area (Å²) in [6.07, 6.45) is 2.50. The summed E-state index contributed by atoms with van der Waals surface area (Å²) in [5, 5.41) is 5.68. The maximum Gasteiger partial charge on any atom is 0.319 e. The lowest BCUT2D eigenvalue weighted by atomic mass is 10.0. The number of rotatable bonds is 7. The first-order valence-electron chi connectivity index (χ1n) is 9.64. The number of ether oxygens (including phenoxy) is 1. The highest BCUT2D eigenvalue weighted by atomic mass is 16.5. The Hall–Kier alpha value is -2.86. The monoisotopic (exact) mass is 381 g/mol. The van der Waals surface area contributed by atoms with Crippen molar-refractivity contribution < 1.29 is 14.3 Å². The van der Waals surface area contributed by atoms with Crippen molar-refractivity contribution in [2.75, 3.05) is 25.5 Å². The van der Waals surface area contributed by atoms with Gasteiger partial charge in [-0.25, -0.2) is 4.79 Å². The quantitative estimate of drug-likeness (QED) is 0.774. The second-order valence-corrected chi connectivity index (χ2v) is 7.00. The Morgan fingerprint density at radius 1 is 1.00 bits per heavy atom. The van der Waals surface area contributed by atoms with E-state index in [-0.39, 0.29) is 11.9 Å². The van der Waals surface area contributed by atoms with Gasteiger partial charge in [-0.1, -0.05) is 42.5 Å². The maximum absolute atomic E-state index is 12.9. The van der Waals surface area contributed by atoms with Gasteiger partial charge in [0, 0.05) is 32.3 Å². The zero-order valence-corrected chi connectivity index (χ0v) is 16.2. The highest BCUT2D eigenvalue weighted by Crippen LogP contribution is 2.13. The van der Waals surface area contributed by atoms with Crippen molar-refractivity contribution in [2.45, 2.75) is 31.9 Å². The van der Waals surface area contributed by atoms with E-state index in [1.807, 2.05) is 59.5 Å². The van der Waals surface area contributed by atoms with Crippen LogP contribution in [-0.4, -0.2) is 43.1 Å². The number of urea groups is 1. The minimum Gasteiger partial charge on any atom is -0.380 e. The fourth-order valence-electron chi connectivity index (χ4n) is 3.38. The first-order chi connectivity index (χ1) is 13.7. The molecule has 0 aromatic heterocycles. The van der Waals surface area contributed by atoms with Crippen LogP contribution in [0.1, 0.15) is 24.0 Å². The molecule has 0 saturated carbocycles. The van der Waals surface area contributed by atoms with Crippen LogP contribution < -0.4 is 10.6 Å². The number of carbonyl (C=O) groups is 2. The summed E-state index contributed by atoms with van der Waals surface area (Å²) in [6.45, 7) is 2.04. The van der Waals surface area contributed by atoms with Gasteiger partial charge >= 0.3 is 6.03 Å². The van der Waals surface area contributed by atoms with Crippen molar-refractivity contribution in [1.82, 2.24) is 10.2 Å². The molecule has 3 rings (SSSR count). The van der Waals surface area contributed by atoms with Crippen LogP contribution in [-0.2, 0) is 22.6 Å². The molecule has 1 heterocycles. The van der Waals surface area contributed by atoms with Crippen LogP contribution in [0.15, 0.2) is 54.6 Å². The minimum atomic E-state index is -0.590. The van der Waals surface area contributed by atoms with E-state index in [1.54, 1.807) is 7.11 Å². The Labute approximate surface area is 165 Å². The highest BCUT2D eigenvalue weighted by molar-refractivity contribution is 5.94. The van der Waals surface area contributed by atoms with Crippen LogP contribution in [0.3, 0.4) is 0 Å². The molecule has 0 spiro atoms. The summed E-state index contributed by atoms with van der Waals surface area (Å²) in [6, 6.07) is 16.2. The molecule has 0 radical (unpaired) electrons. The Morgan fingerprint density at radius 3 is 2.32 bits per heavy atom. The summed E-state index contributed by atoms with van der Waals surface area (Å²) < 4.78 is 5.09. The molecule has 28 heavy (non-hydrogen) atoms. The van der Waals surface area contributed by atoms with Crippen molar-refractivity contribution in [1.29, 1.82) is 0 Å². The van der Waals surface area contributed by atoms with E-state index in [9.17, 15) is 9.59 Å². The van der Waals surface area contributed by atoms with E-state index in [4.69, 9.17) is 4.74 Å². The lowest BCUT2D eigenvalue weighted by Gasteiger charge is -2.24. The zero-order chi connectivity index (χ0) is 19.8. The maximum atomic E-state index is 12.9. The highest BCUT2D eigenvalue weighted by Gasteiger charge is 2.28. The molecule has 1 saturated heterocycles. The van der Waals surface area contributed by atoms with Crippen LogP contribution in [0.4, 0.5) is 10.5 Å². The summed E-state index contributed by atoms with van der Waals surface area (Å²) in [5.41, 5.74) is 2.72. The third-order valence-electron chi connectivity index (χ3n) is 4.83. The molecule has 0 bridgehead atoms. The number of benzene rings is 2. The molecule has 1 fully saturated rings. The van der Waals surface area contributed by atoms with Crippen LogP contribution >= 0.6 is 0 Å². The number of hydrogen-bond acceptors (Lipinski definition) is 3. The van der Waals surface area contributed by atoms with Crippen LogP contribution in [0.5, 0.6) is 0 Å². The molecule has 6 nitrogen and oxygen atoms in total. The second-order valence-electron chi connectivity index (χ2n) is 7.00. The average molecular weight is 381 g/mol. The number of anilines is 1. The van der Waals surface area contributed by atoms with Crippen LogP contribution in [0.2, 0.25) is 0 Å². The van der Waals surface area contributed by atoms with Gasteiger partial charge in [0.15, 0.2) is 0 Å². The number of likely N-dealkylation sites (tertiary alicyclic amines) is 1. The minimum absolute atomic E-state index is 0.0213. The predicted octanol–water partition coefficient (Wildman–Crippen LogP) is 3.19. The third kappa shape index (κ3) is 5.57. The molecule has 0 unspecified atom stereocenters. The Morgan fingerprint density at radius 2 is 1.68 bits per heavy atom. The molecule has 2 N–H and O–H groups in total. The van der Waals surface area contributed by atoms with Crippen LogP contribution in [0.25, 0.3) is 0 Å². The van der Waals surface area contributed by atoms with Crippen LogP contribution in [0, 0.1) is 0 Å². The molecule has 1 aliphatic heterocycles. The third-order valence-corrected chi connectivity index (χ3v) is 4.83. The van der Waals surface area contributed by atoms with Crippen molar-refractivity contribution in [3.8, 4) is 0 Å². The van der Waals surface area contributed by atoms with E-state index in [2.05, 4.69) is 10.6 Å². The van der Waals surface area contributed by atoms with Crippen molar-refractivity contribution in [3.63, 3.8) is 0 Å². The predicted molar refractivity (Wildman–Crippen MR) is 109 cm³/mol. The fraction of sp³-hybridized carbons (Fsp3) is 0.364. The SMILES string of the molecule is COCc1ccc(NC(=O)N[C@H](Cc2ccccc2)C(=O)N2CCCC2)cc1. The summed E-state index contributed by atoms with van der Waals surface area (Å²) in [4.78, 5) is 27.3. The molecule has 1 aliphatic rings. The second kappa shape index (κ2) is 9.90. The Bertz CT molecular complexity index is 771. The first kappa shape index (κ1) is 19.9.